The quantitative estimate of drug-likeness (QED) is 0.129. The standard InChI is InChI=1S/C35H46N2O6/c1-21(2)22(3)7-8-23(4)30-11-12-31-29-10-9-25-19-28(13-15-34(25,5)32(29)14-16-35(30,31)6)43-33(38)24-17-26(36(39)40)20-27(18-24)37(41)42/h7-8,12,17-18,20-23,25,28,30H,9-11,13-16,19H2,1-6H3/b8-7+/t22-,23+,25+,28-,30-,34+,35+/m0/s1. The first-order valence-electron chi connectivity index (χ1n) is 16.0. The molecule has 4 aliphatic carbocycles. The van der Waals surface area contributed by atoms with E-state index in [0.29, 0.717) is 36.0 Å². The highest BCUT2D eigenvalue weighted by atomic mass is 16.6. The van der Waals surface area contributed by atoms with E-state index in [0.717, 1.165) is 56.7 Å². The van der Waals surface area contributed by atoms with E-state index in [1.54, 1.807) is 16.7 Å². The number of nitrogens with zero attached hydrogens (tertiary/aromatic N) is 2. The number of carbonyl (C=O) groups excluding carboxylic acids is 1. The molecule has 1 saturated carbocycles. The van der Waals surface area contributed by atoms with Crippen LogP contribution >= 0.6 is 0 Å². The lowest BCUT2D eigenvalue weighted by Gasteiger charge is -2.54. The molecule has 0 spiro atoms. The predicted octanol–water partition coefficient (Wildman–Crippen LogP) is 9.16. The maximum Gasteiger partial charge on any atom is 0.338 e. The Labute approximate surface area is 255 Å². The van der Waals surface area contributed by atoms with Gasteiger partial charge in [0, 0.05) is 12.1 Å². The summed E-state index contributed by atoms with van der Waals surface area (Å²) in [4.78, 5) is 34.1. The number of esters is 1. The molecule has 0 bridgehead atoms. The van der Waals surface area contributed by atoms with Crippen LogP contribution in [0.2, 0.25) is 0 Å². The van der Waals surface area contributed by atoms with Gasteiger partial charge in [-0.2, -0.15) is 0 Å². The van der Waals surface area contributed by atoms with Crippen molar-refractivity contribution in [2.75, 3.05) is 0 Å². The lowest BCUT2D eigenvalue weighted by molar-refractivity contribution is -0.394. The normalized spacial score (nSPS) is 31.6. The van der Waals surface area contributed by atoms with Gasteiger partial charge in [0.2, 0.25) is 0 Å². The summed E-state index contributed by atoms with van der Waals surface area (Å²) in [5, 5.41) is 22.6. The topological polar surface area (TPSA) is 113 Å². The van der Waals surface area contributed by atoms with Gasteiger partial charge in [0.25, 0.3) is 11.4 Å². The molecular formula is C35H46N2O6. The Morgan fingerprint density at radius 1 is 0.953 bits per heavy atom. The van der Waals surface area contributed by atoms with Crippen LogP contribution in [0.5, 0.6) is 0 Å². The van der Waals surface area contributed by atoms with Crippen molar-refractivity contribution in [1.82, 2.24) is 0 Å². The third-order valence-electron chi connectivity index (χ3n) is 11.7. The summed E-state index contributed by atoms with van der Waals surface area (Å²) in [5.74, 6) is 2.04. The number of carbonyl (C=O) groups is 1. The first-order chi connectivity index (χ1) is 20.2. The Kier molecular flexibility index (Phi) is 8.45. The second-order valence-electron chi connectivity index (χ2n) is 14.4. The van der Waals surface area contributed by atoms with E-state index in [9.17, 15) is 25.0 Å². The molecule has 8 heteroatoms. The molecule has 0 unspecified atom stereocenters. The second-order valence-corrected chi connectivity index (χ2v) is 14.4. The molecule has 0 radical (unpaired) electrons. The molecule has 0 heterocycles. The van der Waals surface area contributed by atoms with Gasteiger partial charge < -0.3 is 4.74 Å². The van der Waals surface area contributed by atoms with Crippen LogP contribution in [0.15, 0.2) is 53.1 Å². The van der Waals surface area contributed by atoms with Crippen molar-refractivity contribution >= 4 is 17.3 Å². The van der Waals surface area contributed by atoms with Crippen LogP contribution in [-0.2, 0) is 4.74 Å². The Morgan fingerprint density at radius 3 is 2.26 bits per heavy atom. The van der Waals surface area contributed by atoms with Crippen LogP contribution in [0.3, 0.4) is 0 Å². The minimum absolute atomic E-state index is 0.0687. The van der Waals surface area contributed by atoms with Gasteiger partial charge in [0.05, 0.1) is 21.5 Å². The lowest BCUT2D eigenvalue weighted by Crippen LogP contribution is -2.44. The molecule has 1 aromatic carbocycles. The van der Waals surface area contributed by atoms with Crippen LogP contribution in [0.4, 0.5) is 11.4 Å². The number of non-ortho nitro benzene ring substituents is 2. The SMILES string of the molecule is CC(C)[C@@H](C)/C=C/[C@@H](C)[C@@H]1CC=C2C3=C(CC[C@@]21C)[C@]1(C)CC[C@H](OC(=O)c2cc([N+](=O)[O-])cc([N+](=O)[O-])c2)C[C@H]1CC3. The number of rotatable bonds is 8. The molecule has 5 rings (SSSR count). The average Bonchev–Trinajstić information content (AvgIpc) is 3.32. The highest BCUT2D eigenvalue weighted by molar-refractivity contribution is 5.91. The molecule has 8 nitrogen and oxygen atoms in total. The maximum atomic E-state index is 13.0. The van der Waals surface area contributed by atoms with E-state index < -0.39 is 27.2 Å². The number of ether oxygens (including phenoxy) is 1. The van der Waals surface area contributed by atoms with Gasteiger partial charge >= 0.3 is 5.97 Å². The van der Waals surface area contributed by atoms with E-state index in [1.165, 1.54) is 6.42 Å². The smallest absolute Gasteiger partial charge is 0.338 e. The fourth-order valence-electron chi connectivity index (χ4n) is 8.60. The number of hydrogen-bond donors (Lipinski definition) is 0. The van der Waals surface area contributed by atoms with Crippen molar-refractivity contribution in [2.45, 2.75) is 99.0 Å². The average molecular weight is 591 g/mol. The van der Waals surface area contributed by atoms with Crippen LogP contribution in [0.1, 0.15) is 103 Å². The number of benzene rings is 1. The van der Waals surface area contributed by atoms with Gasteiger partial charge in [-0.3, -0.25) is 20.2 Å². The highest BCUT2D eigenvalue weighted by Gasteiger charge is 2.53. The molecule has 232 valence electrons. The van der Waals surface area contributed by atoms with Gasteiger partial charge in [-0.25, -0.2) is 4.79 Å². The largest absolute Gasteiger partial charge is 0.459 e. The van der Waals surface area contributed by atoms with Crippen molar-refractivity contribution in [3.63, 3.8) is 0 Å². The molecule has 0 saturated heterocycles. The Morgan fingerprint density at radius 2 is 1.63 bits per heavy atom. The summed E-state index contributed by atoms with van der Waals surface area (Å²) in [6, 6.07) is 2.98. The number of fused-ring (bicyclic) bond motifs is 4. The van der Waals surface area contributed by atoms with E-state index in [1.807, 2.05) is 0 Å². The van der Waals surface area contributed by atoms with Crippen molar-refractivity contribution in [3.05, 3.63) is 78.9 Å². The summed E-state index contributed by atoms with van der Waals surface area (Å²) in [7, 11) is 0. The van der Waals surface area contributed by atoms with Crippen molar-refractivity contribution in [2.24, 2.45) is 40.4 Å². The van der Waals surface area contributed by atoms with Crippen molar-refractivity contribution < 1.29 is 19.4 Å². The molecule has 1 aromatic rings. The maximum absolute atomic E-state index is 13.0. The fraction of sp³-hybridized carbons (Fsp3) is 0.629. The van der Waals surface area contributed by atoms with Crippen LogP contribution in [0, 0.1) is 60.6 Å². The van der Waals surface area contributed by atoms with Crippen molar-refractivity contribution in [3.8, 4) is 0 Å². The lowest BCUT2D eigenvalue weighted by atomic mass is 9.51. The first-order valence-corrected chi connectivity index (χ1v) is 16.0. The first kappa shape index (κ1) is 31.1. The predicted molar refractivity (Wildman–Crippen MR) is 166 cm³/mol. The Balaban J connectivity index is 1.29. The summed E-state index contributed by atoms with van der Waals surface area (Å²) < 4.78 is 5.84. The highest BCUT2D eigenvalue weighted by Crippen LogP contribution is 2.64. The molecular weight excluding hydrogens is 544 g/mol. The van der Waals surface area contributed by atoms with E-state index in [2.05, 4.69) is 59.8 Å². The minimum atomic E-state index is -0.738. The van der Waals surface area contributed by atoms with E-state index in [-0.39, 0.29) is 22.5 Å². The molecule has 7 atom stereocenters. The van der Waals surface area contributed by atoms with Gasteiger partial charge in [-0.05, 0) is 103 Å². The second kappa shape index (κ2) is 11.7. The molecule has 1 fully saturated rings. The summed E-state index contributed by atoms with van der Waals surface area (Å²) in [6.07, 6.45) is 15.0. The van der Waals surface area contributed by atoms with Crippen molar-refractivity contribution in [1.29, 1.82) is 0 Å². The zero-order chi connectivity index (χ0) is 31.3. The molecule has 43 heavy (non-hydrogen) atoms. The zero-order valence-electron chi connectivity index (χ0n) is 26.4. The fourth-order valence-corrected chi connectivity index (χ4v) is 8.60. The number of nitro groups is 2. The molecule has 0 aromatic heterocycles. The Hall–Kier alpha value is -3.29. The van der Waals surface area contributed by atoms with Gasteiger partial charge in [-0.1, -0.05) is 65.3 Å². The third-order valence-corrected chi connectivity index (χ3v) is 11.7. The van der Waals surface area contributed by atoms with Crippen LogP contribution in [-0.4, -0.2) is 21.9 Å². The van der Waals surface area contributed by atoms with Crippen LogP contribution < -0.4 is 0 Å². The van der Waals surface area contributed by atoms with Gasteiger partial charge in [-0.15, -0.1) is 0 Å². The Bertz CT molecular complexity index is 1380. The van der Waals surface area contributed by atoms with Gasteiger partial charge in [0.15, 0.2) is 0 Å². The molecule has 4 aliphatic rings. The molecule has 0 N–H and O–H groups in total. The monoisotopic (exact) mass is 590 g/mol. The van der Waals surface area contributed by atoms with Crippen LogP contribution in [0.25, 0.3) is 0 Å². The third kappa shape index (κ3) is 5.69. The molecule has 0 amide bonds. The van der Waals surface area contributed by atoms with E-state index in [4.69, 9.17) is 4.74 Å². The number of hydrogen-bond acceptors (Lipinski definition) is 6. The number of nitro benzene ring substituents is 2. The minimum Gasteiger partial charge on any atom is -0.459 e. The zero-order valence-corrected chi connectivity index (χ0v) is 26.4. The van der Waals surface area contributed by atoms with E-state index >= 15 is 0 Å². The van der Waals surface area contributed by atoms with Gasteiger partial charge in [0.1, 0.15) is 6.10 Å². The summed E-state index contributed by atoms with van der Waals surface area (Å²) >= 11 is 0. The summed E-state index contributed by atoms with van der Waals surface area (Å²) in [5.41, 5.74) is 3.95. The molecule has 0 aliphatic heterocycles. The number of allylic oxidation sites excluding steroid dienone is 6. The summed E-state index contributed by atoms with van der Waals surface area (Å²) in [6.45, 7) is 14.2.